The predicted molar refractivity (Wildman–Crippen MR) is 88.4 cm³/mol. The van der Waals surface area contributed by atoms with Crippen molar-refractivity contribution in [3.8, 4) is 0 Å². The third kappa shape index (κ3) is 4.10. The monoisotopic (exact) mass is 324 g/mol. The van der Waals surface area contributed by atoms with Gasteiger partial charge in [-0.05, 0) is 26.1 Å². The molecule has 1 aromatic rings. The number of thioether (sulfide) groups is 1. The van der Waals surface area contributed by atoms with Crippen molar-refractivity contribution in [3.63, 3.8) is 0 Å². The topological polar surface area (TPSA) is 69.3 Å². The summed E-state index contributed by atoms with van der Waals surface area (Å²) >= 11 is 1.41. The Kier molecular flexibility index (Phi) is 6.02. The molecule has 0 spiro atoms. The Hall–Kier alpha value is -1.34. The average Bonchev–Trinajstić information content (AvgIpc) is 2.53. The highest BCUT2D eigenvalue weighted by Gasteiger charge is 2.20. The lowest BCUT2D eigenvalue weighted by Gasteiger charge is -2.34. The molecule has 1 aliphatic heterocycles. The van der Waals surface area contributed by atoms with Gasteiger partial charge in [0.25, 0.3) is 5.56 Å². The molecular formula is C15H24N4O2S. The number of hydrogen-bond donors (Lipinski definition) is 1. The molecule has 0 atom stereocenters. The number of H-pyrrole nitrogens is 1. The van der Waals surface area contributed by atoms with Crippen LogP contribution in [0.1, 0.15) is 24.6 Å². The first-order chi connectivity index (χ1) is 10.5. The van der Waals surface area contributed by atoms with Gasteiger partial charge in [-0.3, -0.25) is 9.59 Å². The summed E-state index contributed by atoms with van der Waals surface area (Å²) in [6.07, 6.45) is 2.70. The first kappa shape index (κ1) is 17.0. The molecule has 1 saturated heterocycles. The number of aromatic nitrogens is 2. The van der Waals surface area contributed by atoms with E-state index in [1.54, 1.807) is 0 Å². The summed E-state index contributed by atoms with van der Waals surface area (Å²) in [7, 11) is 0. The Balaban J connectivity index is 1.93. The number of nitrogens with zero attached hydrogens (tertiary/aromatic N) is 3. The molecule has 0 unspecified atom stereocenters. The Morgan fingerprint density at radius 3 is 2.55 bits per heavy atom. The van der Waals surface area contributed by atoms with Gasteiger partial charge in [0.05, 0.1) is 0 Å². The number of nitrogens with one attached hydrogen (secondary N) is 1. The first-order valence-corrected chi connectivity index (χ1v) is 8.91. The van der Waals surface area contributed by atoms with Gasteiger partial charge in [-0.15, -0.1) is 0 Å². The number of likely N-dealkylation sites (N-methyl/N-ethyl adjacent to an activating group) is 1. The van der Waals surface area contributed by atoms with Gasteiger partial charge in [-0.25, -0.2) is 4.98 Å². The van der Waals surface area contributed by atoms with E-state index in [4.69, 9.17) is 0 Å². The SMILES string of the molecule is CCN1CCN(C(=O)CCc2c(C)nc(SC)[nH]c2=O)CC1. The molecule has 7 heteroatoms. The molecule has 0 radical (unpaired) electrons. The zero-order valence-corrected chi connectivity index (χ0v) is 14.3. The van der Waals surface area contributed by atoms with Gasteiger partial charge in [0.1, 0.15) is 0 Å². The van der Waals surface area contributed by atoms with E-state index in [1.807, 2.05) is 18.1 Å². The van der Waals surface area contributed by atoms with Crippen LogP contribution in [-0.4, -0.2) is 64.7 Å². The molecule has 1 N–H and O–H groups in total. The van der Waals surface area contributed by atoms with E-state index in [-0.39, 0.29) is 11.5 Å². The van der Waals surface area contributed by atoms with Crippen molar-refractivity contribution in [2.24, 2.45) is 0 Å². The van der Waals surface area contributed by atoms with Crippen LogP contribution in [0.3, 0.4) is 0 Å². The van der Waals surface area contributed by atoms with Crippen LogP contribution in [0.25, 0.3) is 0 Å². The van der Waals surface area contributed by atoms with Gasteiger partial charge < -0.3 is 14.8 Å². The largest absolute Gasteiger partial charge is 0.340 e. The minimum atomic E-state index is -0.125. The fraction of sp³-hybridized carbons (Fsp3) is 0.667. The number of piperazine rings is 1. The predicted octanol–water partition coefficient (Wildman–Crippen LogP) is 0.897. The molecule has 1 fully saturated rings. The molecule has 22 heavy (non-hydrogen) atoms. The molecule has 2 rings (SSSR count). The van der Waals surface area contributed by atoms with Crippen molar-refractivity contribution < 1.29 is 4.79 Å². The van der Waals surface area contributed by atoms with Crippen LogP contribution in [0.5, 0.6) is 0 Å². The number of aryl methyl sites for hydroxylation is 1. The number of amides is 1. The summed E-state index contributed by atoms with van der Waals surface area (Å²) in [6, 6.07) is 0. The van der Waals surface area contributed by atoms with Crippen molar-refractivity contribution >= 4 is 17.7 Å². The fourth-order valence-electron chi connectivity index (χ4n) is 2.68. The van der Waals surface area contributed by atoms with Gasteiger partial charge in [0.2, 0.25) is 5.91 Å². The van der Waals surface area contributed by atoms with E-state index >= 15 is 0 Å². The van der Waals surface area contributed by atoms with E-state index < -0.39 is 0 Å². The summed E-state index contributed by atoms with van der Waals surface area (Å²) in [5.41, 5.74) is 1.22. The summed E-state index contributed by atoms with van der Waals surface area (Å²) in [6.45, 7) is 8.44. The Morgan fingerprint density at radius 2 is 2.00 bits per heavy atom. The number of rotatable bonds is 5. The molecule has 1 aromatic heterocycles. The van der Waals surface area contributed by atoms with Gasteiger partial charge in [-0.1, -0.05) is 18.7 Å². The average molecular weight is 324 g/mol. The maximum absolute atomic E-state index is 12.3. The van der Waals surface area contributed by atoms with Crippen LogP contribution in [0.15, 0.2) is 9.95 Å². The van der Waals surface area contributed by atoms with Gasteiger partial charge in [0, 0.05) is 43.9 Å². The van der Waals surface area contributed by atoms with E-state index in [0.717, 1.165) is 38.4 Å². The Bertz CT molecular complexity index is 579. The standard InChI is InChI=1S/C15H24N4O2S/c1-4-18-7-9-19(10-8-18)13(20)6-5-12-11(2)16-15(22-3)17-14(12)21/h4-10H2,1-3H3,(H,16,17,21). The molecule has 2 heterocycles. The zero-order chi connectivity index (χ0) is 16.1. The lowest BCUT2D eigenvalue weighted by molar-refractivity contribution is -0.132. The maximum Gasteiger partial charge on any atom is 0.254 e. The summed E-state index contributed by atoms with van der Waals surface area (Å²) in [5.74, 6) is 0.128. The summed E-state index contributed by atoms with van der Waals surface area (Å²) < 4.78 is 0. The highest BCUT2D eigenvalue weighted by atomic mass is 32.2. The third-order valence-corrected chi connectivity index (χ3v) is 4.74. The normalized spacial score (nSPS) is 16.0. The van der Waals surface area contributed by atoms with Crippen LogP contribution in [0.2, 0.25) is 0 Å². The molecule has 1 aliphatic rings. The van der Waals surface area contributed by atoms with Crippen LogP contribution in [0.4, 0.5) is 0 Å². The number of hydrogen-bond acceptors (Lipinski definition) is 5. The smallest absolute Gasteiger partial charge is 0.254 e. The van der Waals surface area contributed by atoms with Gasteiger partial charge in [-0.2, -0.15) is 0 Å². The highest BCUT2D eigenvalue weighted by molar-refractivity contribution is 7.98. The summed E-state index contributed by atoms with van der Waals surface area (Å²) in [4.78, 5) is 35.7. The quantitative estimate of drug-likeness (QED) is 0.644. The van der Waals surface area contributed by atoms with E-state index in [9.17, 15) is 9.59 Å². The van der Waals surface area contributed by atoms with E-state index in [0.29, 0.717) is 23.6 Å². The van der Waals surface area contributed by atoms with E-state index in [1.165, 1.54) is 11.8 Å². The highest BCUT2D eigenvalue weighted by Crippen LogP contribution is 2.11. The van der Waals surface area contributed by atoms with Gasteiger partial charge >= 0.3 is 0 Å². The van der Waals surface area contributed by atoms with Crippen molar-refractivity contribution in [1.82, 2.24) is 19.8 Å². The number of aromatic amines is 1. The molecule has 1 amide bonds. The molecule has 0 aliphatic carbocycles. The lowest BCUT2D eigenvalue weighted by Crippen LogP contribution is -2.48. The second kappa shape index (κ2) is 7.78. The van der Waals surface area contributed by atoms with Crippen LogP contribution in [0, 0.1) is 6.92 Å². The molecule has 0 aromatic carbocycles. The van der Waals surface area contributed by atoms with Crippen molar-refractivity contribution in [2.75, 3.05) is 39.0 Å². The molecule has 6 nitrogen and oxygen atoms in total. The molecule has 122 valence electrons. The third-order valence-electron chi connectivity index (χ3n) is 4.15. The Morgan fingerprint density at radius 1 is 1.32 bits per heavy atom. The number of carbonyl (C=O) groups excluding carboxylic acids is 1. The van der Waals surface area contributed by atoms with Crippen molar-refractivity contribution in [2.45, 2.75) is 31.8 Å². The zero-order valence-electron chi connectivity index (χ0n) is 13.5. The minimum Gasteiger partial charge on any atom is -0.340 e. The first-order valence-electron chi connectivity index (χ1n) is 7.69. The van der Waals surface area contributed by atoms with Crippen LogP contribution < -0.4 is 5.56 Å². The van der Waals surface area contributed by atoms with E-state index in [2.05, 4.69) is 21.8 Å². The fourth-order valence-corrected chi connectivity index (χ4v) is 3.10. The summed E-state index contributed by atoms with van der Waals surface area (Å²) in [5, 5.41) is 0.619. The molecule has 0 bridgehead atoms. The maximum atomic E-state index is 12.3. The second-order valence-electron chi connectivity index (χ2n) is 5.45. The van der Waals surface area contributed by atoms with Crippen molar-refractivity contribution in [1.29, 1.82) is 0 Å². The minimum absolute atomic E-state index is 0.125. The van der Waals surface area contributed by atoms with Crippen molar-refractivity contribution in [3.05, 3.63) is 21.6 Å². The molecular weight excluding hydrogens is 300 g/mol. The second-order valence-corrected chi connectivity index (χ2v) is 6.25. The lowest BCUT2D eigenvalue weighted by atomic mass is 10.1. The van der Waals surface area contributed by atoms with Crippen LogP contribution >= 0.6 is 11.8 Å². The number of carbonyl (C=O) groups is 1. The molecule has 0 saturated carbocycles. The van der Waals surface area contributed by atoms with Gasteiger partial charge in [0.15, 0.2) is 5.16 Å². The Labute approximate surface area is 135 Å². The van der Waals surface area contributed by atoms with Crippen LogP contribution in [-0.2, 0) is 11.2 Å².